The fourth-order valence-corrected chi connectivity index (χ4v) is 3.41. The molecule has 0 aromatic heterocycles. The maximum Gasteiger partial charge on any atom is 0.0630 e. The lowest BCUT2D eigenvalue weighted by molar-refractivity contribution is 0.110. The van der Waals surface area contributed by atoms with Crippen LogP contribution in [0.4, 0.5) is 0 Å². The van der Waals surface area contributed by atoms with Gasteiger partial charge in [0, 0.05) is 17.9 Å². The molecular weight excluding hydrogens is 206 g/mol. The van der Waals surface area contributed by atoms with Crippen molar-refractivity contribution in [1.82, 2.24) is 5.32 Å². The van der Waals surface area contributed by atoms with E-state index in [9.17, 15) is 0 Å². The molecule has 0 saturated carbocycles. The fraction of sp³-hybridized carbons (Fsp3) is 1.00. The van der Waals surface area contributed by atoms with Crippen LogP contribution in [0.2, 0.25) is 0 Å². The van der Waals surface area contributed by atoms with Crippen molar-refractivity contribution in [2.75, 3.05) is 25.5 Å². The molecule has 1 aliphatic rings. The maximum atomic E-state index is 5.67. The molecule has 1 fully saturated rings. The van der Waals surface area contributed by atoms with Gasteiger partial charge in [0.2, 0.25) is 0 Å². The van der Waals surface area contributed by atoms with Crippen LogP contribution in [0.25, 0.3) is 0 Å². The molecule has 0 aromatic carbocycles. The monoisotopic (exact) mass is 231 g/mol. The van der Waals surface area contributed by atoms with Crippen LogP contribution in [0.5, 0.6) is 0 Å². The van der Waals surface area contributed by atoms with Crippen molar-refractivity contribution in [3.05, 3.63) is 0 Å². The highest BCUT2D eigenvalue weighted by Crippen LogP contribution is 2.27. The van der Waals surface area contributed by atoms with Crippen molar-refractivity contribution < 1.29 is 4.74 Å². The molecule has 0 aromatic rings. The van der Waals surface area contributed by atoms with Gasteiger partial charge in [-0.1, -0.05) is 20.3 Å². The van der Waals surface area contributed by atoms with Crippen molar-refractivity contribution >= 4 is 11.8 Å². The second kappa shape index (κ2) is 8.43. The Labute approximate surface area is 98.5 Å². The van der Waals surface area contributed by atoms with Crippen LogP contribution in [-0.2, 0) is 4.74 Å². The van der Waals surface area contributed by atoms with Crippen molar-refractivity contribution in [1.29, 1.82) is 0 Å². The molecule has 1 N–H and O–H groups in total. The van der Waals surface area contributed by atoms with Crippen LogP contribution in [0.1, 0.15) is 39.5 Å². The fourth-order valence-electron chi connectivity index (χ4n) is 2.00. The third-order valence-corrected chi connectivity index (χ3v) is 4.29. The first kappa shape index (κ1) is 13.3. The summed E-state index contributed by atoms with van der Waals surface area (Å²) >= 11 is 2.13. The van der Waals surface area contributed by atoms with Crippen LogP contribution < -0.4 is 5.32 Å². The Kier molecular flexibility index (Phi) is 7.49. The molecule has 2 atom stereocenters. The van der Waals surface area contributed by atoms with E-state index in [1.54, 1.807) is 0 Å². The van der Waals surface area contributed by atoms with Crippen LogP contribution in [-0.4, -0.2) is 36.8 Å². The predicted molar refractivity (Wildman–Crippen MR) is 68.7 cm³/mol. The molecule has 1 heterocycles. The van der Waals surface area contributed by atoms with Gasteiger partial charge < -0.3 is 10.1 Å². The summed E-state index contributed by atoms with van der Waals surface area (Å²) < 4.78 is 5.67. The Morgan fingerprint density at radius 3 is 2.87 bits per heavy atom. The number of ether oxygens (including phenoxy) is 1. The summed E-state index contributed by atoms with van der Waals surface area (Å²) in [5.74, 6) is 1.33. The van der Waals surface area contributed by atoms with Crippen molar-refractivity contribution in [2.45, 2.75) is 50.8 Å². The summed E-state index contributed by atoms with van der Waals surface area (Å²) in [4.78, 5) is 0. The van der Waals surface area contributed by atoms with E-state index in [0.29, 0.717) is 6.04 Å². The highest BCUT2D eigenvalue weighted by molar-refractivity contribution is 8.00. The number of nitrogens with one attached hydrogen (secondary N) is 1. The van der Waals surface area contributed by atoms with Gasteiger partial charge in [0.1, 0.15) is 0 Å². The first-order valence-electron chi connectivity index (χ1n) is 6.31. The second-order valence-corrected chi connectivity index (χ2v) is 5.49. The van der Waals surface area contributed by atoms with E-state index in [2.05, 4.69) is 30.9 Å². The SMILES string of the molecule is CCCOCC(NCC)C1CCCCS1. The molecule has 15 heavy (non-hydrogen) atoms. The minimum Gasteiger partial charge on any atom is -0.380 e. The number of likely N-dealkylation sites (N-methyl/N-ethyl adjacent to an activating group) is 1. The van der Waals surface area contributed by atoms with E-state index >= 15 is 0 Å². The molecule has 1 rings (SSSR count). The summed E-state index contributed by atoms with van der Waals surface area (Å²) in [7, 11) is 0. The Morgan fingerprint density at radius 2 is 2.27 bits per heavy atom. The molecule has 0 spiro atoms. The summed E-state index contributed by atoms with van der Waals surface area (Å²) in [5.41, 5.74) is 0. The number of hydrogen-bond acceptors (Lipinski definition) is 3. The normalized spacial score (nSPS) is 24.0. The van der Waals surface area contributed by atoms with E-state index < -0.39 is 0 Å². The van der Waals surface area contributed by atoms with Gasteiger partial charge in [-0.05, 0) is 31.6 Å². The average molecular weight is 231 g/mol. The summed E-state index contributed by atoms with van der Waals surface area (Å²) in [6.07, 6.45) is 5.28. The first-order valence-corrected chi connectivity index (χ1v) is 7.36. The zero-order valence-corrected chi connectivity index (χ0v) is 10.9. The zero-order valence-electron chi connectivity index (χ0n) is 10.1. The molecule has 0 bridgehead atoms. The Bertz CT molecular complexity index is 149. The number of rotatable bonds is 7. The van der Waals surface area contributed by atoms with Gasteiger partial charge in [-0.3, -0.25) is 0 Å². The zero-order chi connectivity index (χ0) is 10.9. The van der Waals surface area contributed by atoms with E-state index in [4.69, 9.17) is 4.74 Å². The Morgan fingerprint density at radius 1 is 1.40 bits per heavy atom. The number of thioether (sulfide) groups is 1. The molecule has 0 radical (unpaired) electrons. The smallest absolute Gasteiger partial charge is 0.0630 e. The van der Waals surface area contributed by atoms with Crippen LogP contribution >= 0.6 is 11.8 Å². The van der Waals surface area contributed by atoms with Crippen molar-refractivity contribution in [2.24, 2.45) is 0 Å². The quantitative estimate of drug-likeness (QED) is 0.681. The molecule has 1 aliphatic heterocycles. The van der Waals surface area contributed by atoms with Crippen LogP contribution in [0.15, 0.2) is 0 Å². The lowest BCUT2D eigenvalue weighted by Crippen LogP contribution is -2.43. The largest absolute Gasteiger partial charge is 0.380 e. The van der Waals surface area contributed by atoms with Gasteiger partial charge in [0.05, 0.1) is 6.61 Å². The molecule has 0 amide bonds. The van der Waals surface area contributed by atoms with Crippen molar-refractivity contribution in [3.63, 3.8) is 0 Å². The minimum atomic E-state index is 0.562. The lowest BCUT2D eigenvalue weighted by Gasteiger charge is -2.30. The maximum absolute atomic E-state index is 5.67. The third-order valence-electron chi connectivity index (χ3n) is 2.78. The van der Waals surface area contributed by atoms with Gasteiger partial charge in [-0.25, -0.2) is 0 Å². The van der Waals surface area contributed by atoms with Crippen LogP contribution in [0, 0.1) is 0 Å². The highest BCUT2D eigenvalue weighted by atomic mass is 32.2. The molecular formula is C12H25NOS. The van der Waals surface area contributed by atoms with Gasteiger partial charge in [-0.2, -0.15) is 11.8 Å². The lowest BCUT2D eigenvalue weighted by atomic mass is 10.1. The number of hydrogen-bond donors (Lipinski definition) is 1. The highest BCUT2D eigenvalue weighted by Gasteiger charge is 2.23. The van der Waals surface area contributed by atoms with E-state index in [1.165, 1.54) is 25.0 Å². The molecule has 2 unspecified atom stereocenters. The topological polar surface area (TPSA) is 21.3 Å². The van der Waals surface area contributed by atoms with Gasteiger partial charge in [0.15, 0.2) is 0 Å². The second-order valence-electron chi connectivity index (χ2n) is 4.14. The molecule has 2 nitrogen and oxygen atoms in total. The molecule has 3 heteroatoms. The summed E-state index contributed by atoms with van der Waals surface area (Å²) in [6, 6.07) is 0.562. The average Bonchev–Trinajstić information content (AvgIpc) is 2.29. The van der Waals surface area contributed by atoms with E-state index in [0.717, 1.165) is 31.4 Å². The minimum absolute atomic E-state index is 0.562. The van der Waals surface area contributed by atoms with E-state index in [1.807, 2.05) is 0 Å². The summed E-state index contributed by atoms with van der Waals surface area (Å²) in [6.45, 7) is 7.19. The van der Waals surface area contributed by atoms with Crippen LogP contribution in [0.3, 0.4) is 0 Å². The molecule has 0 aliphatic carbocycles. The van der Waals surface area contributed by atoms with Gasteiger partial charge in [-0.15, -0.1) is 0 Å². The molecule has 90 valence electrons. The molecule has 1 saturated heterocycles. The third kappa shape index (κ3) is 5.23. The first-order chi connectivity index (χ1) is 7.38. The van der Waals surface area contributed by atoms with E-state index in [-0.39, 0.29) is 0 Å². The van der Waals surface area contributed by atoms with Crippen molar-refractivity contribution in [3.8, 4) is 0 Å². The van der Waals surface area contributed by atoms with Gasteiger partial charge >= 0.3 is 0 Å². The Balaban J connectivity index is 2.26. The van der Waals surface area contributed by atoms with Gasteiger partial charge in [0.25, 0.3) is 0 Å². The Hall–Kier alpha value is 0.270. The summed E-state index contributed by atoms with van der Waals surface area (Å²) in [5, 5.41) is 4.34. The standard InChI is InChI=1S/C12H25NOS/c1-3-8-14-10-11(13-4-2)12-7-5-6-9-15-12/h11-13H,3-10H2,1-2H3. The predicted octanol–water partition coefficient (Wildman–Crippen LogP) is 2.68.